The molecule has 1 aliphatic rings. The van der Waals surface area contributed by atoms with Crippen molar-refractivity contribution in [1.29, 1.82) is 0 Å². The van der Waals surface area contributed by atoms with Gasteiger partial charge in [-0.2, -0.15) is 0 Å². The molecule has 2 aromatic carbocycles. The average Bonchev–Trinajstić information content (AvgIpc) is 2.46. The summed E-state index contributed by atoms with van der Waals surface area (Å²) in [4.78, 5) is 5.98. The second kappa shape index (κ2) is 5.12. The van der Waals surface area contributed by atoms with E-state index < -0.39 is 6.36 Å². The number of benzene rings is 2. The molecule has 0 saturated heterocycles. The van der Waals surface area contributed by atoms with Crippen molar-refractivity contribution >= 4 is 23.3 Å². The summed E-state index contributed by atoms with van der Waals surface area (Å²) in [5.74, 6) is -0.227. The van der Waals surface area contributed by atoms with Crippen molar-refractivity contribution < 1.29 is 17.9 Å². The first-order valence-electron chi connectivity index (χ1n) is 6.28. The van der Waals surface area contributed by atoms with Crippen LogP contribution in [-0.2, 0) is 0 Å². The Morgan fingerprint density at radius 2 is 1.62 bits per heavy atom. The van der Waals surface area contributed by atoms with E-state index in [1.807, 2.05) is 24.3 Å². The van der Waals surface area contributed by atoms with E-state index >= 15 is 0 Å². The van der Waals surface area contributed by atoms with Gasteiger partial charge in [0, 0.05) is 6.21 Å². The van der Waals surface area contributed by atoms with Crippen LogP contribution in [0, 0.1) is 0 Å². The largest absolute Gasteiger partial charge is 0.573 e. The van der Waals surface area contributed by atoms with Crippen LogP contribution in [0.4, 0.5) is 30.2 Å². The molecule has 0 radical (unpaired) electrons. The minimum absolute atomic E-state index is 0.227. The highest BCUT2D eigenvalue weighted by Gasteiger charge is 2.33. The zero-order valence-electron chi connectivity index (χ0n) is 10.8. The van der Waals surface area contributed by atoms with Crippen molar-refractivity contribution in [1.82, 2.24) is 0 Å². The van der Waals surface area contributed by atoms with Crippen molar-refractivity contribution in [3.05, 3.63) is 48.5 Å². The number of halogens is 3. The maximum absolute atomic E-state index is 12.5. The maximum atomic E-state index is 12.5. The van der Waals surface area contributed by atoms with E-state index in [0.29, 0.717) is 17.9 Å². The van der Waals surface area contributed by atoms with Gasteiger partial charge in [-0.15, -0.1) is 13.2 Å². The number of hydrogen-bond donors (Lipinski definition) is 0. The first kappa shape index (κ1) is 13.5. The molecule has 0 saturated carbocycles. The zero-order valence-corrected chi connectivity index (χ0v) is 10.8. The summed E-state index contributed by atoms with van der Waals surface area (Å²) in [5.41, 5.74) is 1.82. The molecule has 0 amide bonds. The molecule has 0 bridgehead atoms. The summed E-state index contributed by atoms with van der Waals surface area (Å²) in [6.07, 6.45) is -3.06. The number of nitrogens with zero attached hydrogens (tertiary/aromatic N) is 2. The molecule has 0 atom stereocenters. The molecule has 21 heavy (non-hydrogen) atoms. The van der Waals surface area contributed by atoms with Crippen LogP contribution in [0.15, 0.2) is 53.5 Å². The third-order valence-corrected chi connectivity index (χ3v) is 3.05. The second-order valence-corrected chi connectivity index (χ2v) is 4.43. The monoisotopic (exact) mass is 292 g/mol. The predicted molar refractivity (Wildman–Crippen MR) is 74.7 cm³/mol. The summed E-state index contributed by atoms with van der Waals surface area (Å²) in [6.45, 7) is 0.384. The molecule has 0 unspecified atom stereocenters. The number of fused-ring (bicyclic) bond motifs is 1. The minimum atomic E-state index is -4.72. The summed E-state index contributed by atoms with van der Waals surface area (Å²) < 4.78 is 41.7. The number of alkyl halides is 3. The van der Waals surface area contributed by atoms with Crippen LogP contribution < -0.4 is 9.64 Å². The number of para-hydroxylation sites is 4. The molecule has 0 aromatic heterocycles. The molecule has 3 nitrogen and oxygen atoms in total. The van der Waals surface area contributed by atoms with E-state index in [9.17, 15) is 13.2 Å². The second-order valence-electron chi connectivity index (χ2n) is 4.43. The molecule has 0 fully saturated rings. The van der Waals surface area contributed by atoms with Crippen molar-refractivity contribution in [2.24, 2.45) is 4.99 Å². The van der Waals surface area contributed by atoms with Crippen molar-refractivity contribution in [2.45, 2.75) is 6.36 Å². The Labute approximate surface area is 119 Å². The number of anilines is 2. The van der Waals surface area contributed by atoms with E-state index in [1.54, 1.807) is 23.2 Å². The Morgan fingerprint density at radius 1 is 0.952 bits per heavy atom. The van der Waals surface area contributed by atoms with Crippen molar-refractivity contribution in [3.63, 3.8) is 0 Å². The molecule has 6 heteroatoms. The number of hydrogen-bond acceptors (Lipinski definition) is 3. The van der Waals surface area contributed by atoms with Gasteiger partial charge in [0.05, 0.1) is 23.6 Å². The van der Waals surface area contributed by atoms with E-state index in [1.165, 1.54) is 12.1 Å². The van der Waals surface area contributed by atoms with Gasteiger partial charge in [0.2, 0.25) is 0 Å². The van der Waals surface area contributed by atoms with Gasteiger partial charge in [-0.25, -0.2) is 0 Å². The normalized spacial score (nSPS) is 14.0. The van der Waals surface area contributed by atoms with Crippen LogP contribution in [0.3, 0.4) is 0 Å². The van der Waals surface area contributed by atoms with Gasteiger partial charge in [0.15, 0.2) is 5.75 Å². The lowest BCUT2D eigenvalue weighted by Crippen LogP contribution is -2.24. The first-order valence-corrected chi connectivity index (χ1v) is 6.28. The molecular formula is C15H11F3N2O. The van der Waals surface area contributed by atoms with Gasteiger partial charge in [0.25, 0.3) is 0 Å². The topological polar surface area (TPSA) is 24.8 Å². The molecule has 0 aliphatic carbocycles. The minimum Gasteiger partial charge on any atom is -0.404 e. The molecular weight excluding hydrogens is 281 g/mol. The highest BCUT2D eigenvalue weighted by Crippen LogP contribution is 2.41. The van der Waals surface area contributed by atoms with E-state index in [-0.39, 0.29) is 5.75 Å². The predicted octanol–water partition coefficient (Wildman–Crippen LogP) is 4.44. The first-order chi connectivity index (χ1) is 10.0. The Kier molecular flexibility index (Phi) is 3.29. The van der Waals surface area contributed by atoms with Gasteiger partial charge in [-0.05, 0) is 24.3 Å². The molecule has 108 valence electrons. The Balaban J connectivity index is 2.04. The quantitative estimate of drug-likeness (QED) is 0.817. The Morgan fingerprint density at radius 3 is 2.38 bits per heavy atom. The molecule has 1 heterocycles. The smallest absolute Gasteiger partial charge is 0.404 e. The van der Waals surface area contributed by atoms with Gasteiger partial charge in [-0.1, -0.05) is 24.3 Å². The van der Waals surface area contributed by atoms with Gasteiger partial charge >= 0.3 is 6.36 Å². The number of rotatable bonds is 2. The average molecular weight is 292 g/mol. The molecule has 1 aliphatic heterocycles. The highest BCUT2D eigenvalue weighted by molar-refractivity contribution is 5.87. The molecule has 2 aromatic rings. The lowest BCUT2D eigenvalue weighted by atomic mass is 10.2. The SMILES string of the molecule is FC(F)(F)Oc1ccccc1N1CC=Nc2ccccc21. The molecule has 3 rings (SSSR count). The Hall–Kier alpha value is -2.50. The lowest BCUT2D eigenvalue weighted by molar-refractivity contribution is -0.274. The van der Waals surface area contributed by atoms with Gasteiger partial charge in [-0.3, -0.25) is 4.99 Å². The third kappa shape index (κ3) is 2.84. The van der Waals surface area contributed by atoms with E-state index in [0.717, 1.165) is 5.69 Å². The van der Waals surface area contributed by atoms with Crippen LogP contribution in [0.5, 0.6) is 5.75 Å². The number of ether oxygens (including phenoxy) is 1. The number of aliphatic imine (C=N–C) groups is 1. The lowest BCUT2D eigenvalue weighted by Gasteiger charge is -2.29. The summed E-state index contributed by atoms with van der Waals surface area (Å²) in [6, 6.07) is 13.4. The van der Waals surface area contributed by atoms with Crippen LogP contribution in [0.2, 0.25) is 0 Å². The van der Waals surface area contributed by atoms with E-state index in [4.69, 9.17) is 0 Å². The van der Waals surface area contributed by atoms with Crippen LogP contribution in [-0.4, -0.2) is 19.1 Å². The molecule has 0 spiro atoms. The van der Waals surface area contributed by atoms with Crippen LogP contribution >= 0.6 is 0 Å². The maximum Gasteiger partial charge on any atom is 0.573 e. The van der Waals surface area contributed by atoms with Crippen molar-refractivity contribution in [3.8, 4) is 5.75 Å². The summed E-state index contributed by atoms with van der Waals surface area (Å²) in [7, 11) is 0. The fraction of sp³-hybridized carbons (Fsp3) is 0.133. The summed E-state index contributed by atoms with van der Waals surface area (Å²) in [5, 5.41) is 0. The van der Waals surface area contributed by atoms with Gasteiger partial charge in [0.1, 0.15) is 0 Å². The van der Waals surface area contributed by atoms with Crippen LogP contribution in [0.25, 0.3) is 0 Å². The third-order valence-electron chi connectivity index (χ3n) is 3.05. The zero-order chi connectivity index (χ0) is 14.9. The fourth-order valence-corrected chi connectivity index (χ4v) is 2.24. The summed E-state index contributed by atoms with van der Waals surface area (Å²) >= 11 is 0. The molecule has 0 N–H and O–H groups in total. The standard InChI is InChI=1S/C15H11F3N2O/c16-15(17,18)21-14-8-4-3-7-13(14)20-10-9-19-11-5-1-2-6-12(11)20/h1-9H,10H2. The van der Waals surface area contributed by atoms with Crippen molar-refractivity contribution in [2.75, 3.05) is 11.4 Å². The fourth-order valence-electron chi connectivity index (χ4n) is 2.24. The van der Waals surface area contributed by atoms with Crippen LogP contribution in [0.1, 0.15) is 0 Å². The van der Waals surface area contributed by atoms with E-state index in [2.05, 4.69) is 9.73 Å². The highest BCUT2D eigenvalue weighted by atomic mass is 19.4. The Bertz CT molecular complexity index is 683. The van der Waals surface area contributed by atoms with Gasteiger partial charge < -0.3 is 9.64 Å².